The molecule has 0 atom stereocenters. The number of hydrogen-bond donors (Lipinski definition) is 3. The molecule has 0 aliphatic rings. The number of benzene rings is 1. The van der Waals surface area contributed by atoms with E-state index in [2.05, 4.69) is 17.5 Å². The molecule has 3 nitrogen and oxygen atoms in total. The molecular weight excluding hydrogens is 172 g/mol. The van der Waals surface area contributed by atoms with Gasteiger partial charge in [-0.05, 0) is 29.9 Å². The van der Waals surface area contributed by atoms with Crippen molar-refractivity contribution in [3.63, 3.8) is 0 Å². The molecule has 0 bridgehead atoms. The van der Waals surface area contributed by atoms with Crippen LogP contribution in [0, 0.1) is 0 Å². The maximum Gasteiger partial charge on any atom is 0.258 e. The standard InChI is InChI=1S/C8H10N2OS/c9-5-6-2-1-3-7(4-6)10-8(11)12/h1-4H,5,9H2,(H2,10,11,12). The number of nitrogens with one attached hydrogen (secondary N) is 1. The number of aliphatic hydroxyl groups is 1. The molecule has 0 radical (unpaired) electrons. The van der Waals surface area contributed by atoms with E-state index in [1.54, 1.807) is 0 Å². The SMILES string of the molecule is NCc1cccc(NC(O)=S)c1. The van der Waals surface area contributed by atoms with Gasteiger partial charge in [0.15, 0.2) is 0 Å². The van der Waals surface area contributed by atoms with Gasteiger partial charge in [0, 0.05) is 12.2 Å². The van der Waals surface area contributed by atoms with Crippen LogP contribution in [0.1, 0.15) is 5.56 Å². The highest BCUT2D eigenvalue weighted by atomic mass is 32.1. The number of anilines is 1. The van der Waals surface area contributed by atoms with Gasteiger partial charge in [0.05, 0.1) is 0 Å². The normalized spacial score (nSPS) is 9.42. The van der Waals surface area contributed by atoms with E-state index in [1.165, 1.54) is 0 Å². The Hall–Kier alpha value is -1.13. The van der Waals surface area contributed by atoms with Crippen molar-refractivity contribution in [3.05, 3.63) is 29.8 Å². The smallest absolute Gasteiger partial charge is 0.258 e. The third kappa shape index (κ3) is 2.48. The van der Waals surface area contributed by atoms with Crippen molar-refractivity contribution >= 4 is 23.1 Å². The zero-order valence-corrected chi connectivity index (χ0v) is 7.27. The molecule has 0 heterocycles. The topological polar surface area (TPSA) is 58.3 Å². The van der Waals surface area contributed by atoms with Crippen molar-refractivity contribution in [1.82, 2.24) is 0 Å². The average molecular weight is 182 g/mol. The maximum atomic E-state index is 8.76. The first-order chi connectivity index (χ1) is 5.72. The molecule has 0 saturated heterocycles. The van der Waals surface area contributed by atoms with Crippen LogP contribution in [0.25, 0.3) is 0 Å². The van der Waals surface area contributed by atoms with Crippen molar-refractivity contribution in [2.45, 2.75) is 6.54 Å². The summed E-state index contributed by atoms with van der Waals surface area (Å²) in [5.74, 6) is 0. The Balaban J connectivity index is 2.79. The molecule has 4 N–H and O–H groups in total. The Morgan fingerprint density at radius 3 is 2.92 bits per heavy atom. The van der Waals surface area contributed by atoms with Gasteiger partial charge in [-0.1, -0.05) is 12.1 Å². The van der Waals surface area contributed by atoms with Gasteiger partial charge in [0.25, 0.3) is 5.17 Å². The second-order valence-corrected chi connectivity index (χ2v) is 2.72. The molecule has 64 valence electrons. The molecule has 0 aliphatic heterocycles. The summed E-state index contributed by atoms with van der Waals surface area (Å²) >= 11 is 4.47. The number of aliphatic hydroxyl groups excluding tert-OH is 1. The molecule has 0 aliphatic carbocycles. The van der Waals surface area contributed by atoms with Gasteiger partial charge >= 0.3 is 0 Å². The molecule has 12 heavy (non-hydrogen) atoms. The van der Waals surface area contributed by atoms with E-state index in [-0.39, 0.29) is 5.17 Å². The van der Waals surface area contributed by atoms with Crippen LogP contribution in [0.4, 0.5) is 5.69 Å². The molecule has 0 saturated carbocycles. The average Bonchev–Trinajstić information content (AvgIpc) is 2.03. The van der Waals surface area contributed by atoms with E-state index in [1.807, 2.05) is 24.3 Å². The van der Waals surface area contributed by atoms with Crippen LogP contribution in [0.2, 0.25) is 0 Å². The quantitative estimate of drug-likeness (QED) is 0.605. The van der Waals surface area contributed by atoms with Crippen LogP contribution in [-0.2, 0) is 6.54 Å². The number of rotatable bonds is 2. The molecule has 0 spiro atoms. The van der Waals surface area contributed by atoms with E-state index >= 15 is 0 Å². The zero-order chi connectivity index (χ0) is 8.97. The largest absolute Gasteiger partial charge is 0.486 e. The fraction of sp³-hybridized carbons (Fsp3) is 0.125. The highest BCUT2D eigenvalue weighted by molar-refractivity contribution is 7.80. The summed E-state index contributed by atoms with van der Waals surface area (Å²) in [6, 6.07) is 7.40. The van der Waals surface area contributed by atoms with Crippen LogP contribution < -0.4 is 11.1 Å². The van der Waals surface area contributed by atoms with Crippen LogP contribution in [0.5, 0.6) is 0 Å². The molecule has 1 aromatic rings. The summed E-state index contributed by atoms with van der Waals surface area (Å²) in [5.41, 5.74) is 7.18. The molecule has 1 aromatic carbocycles. The molecule has 0 amide bonds. The van der Waals surface area contributed by atoms with Gasteiger partial charge in [0.1, 0.15) is 0 Å². The number of hydrogen-bond acceptors (Lipinski definition) is 2. The minimum atomic E-state index is -0.232. The summed E-state index contributed by atoms with van der Waals surface area (Å²) < 4.78 is 0. The van der Waals surface area contributed by atoms with Crippen LogP contribution in [-0.4, -0.2) is 10.3 Å². The zero-order valence-electron chi connectivity index (χ0n) is 6.45. The van der Waals surface area contributed by atoms with Crippen molar-refractivity contribution < 1.29 is 5.11 Å². The molecular formula is C8H10N2OS. The molecule has 4 heteroatoms. The number of thiocarbonyl (C=S) groups is 1. The van der Waals surface area contributed by atoms with E-state index in [9.17, 15) is 0 Å². The summed E-state index contributed by atoms with van der Waals surface area (Å²) in [6.07, 6.45) is 0. The van der Waals surface area contributed by atoms with Gasteiger partial charge in [0.2, 0.25) is 0 Å². The molecule has 0 unspecified atom stereocenters. The van der Waals surface area contributed by atoms with E-state index in [4.69, 9.17) is 10.8 Å². The van der Waals surface area contributed by atoms with Crippen molar-refractivity contribution in [3.8, 4) is 0 Å². The summed E-state index contributed by atoms with van der Waals surface area (Å²) in [7, 11) is 0. The Bertz CT molecular complexity index is 288. The Morgan fingerprint density at radius 2 is 2.33 bits per heavy atom. The third-order valence-electron chi connectivity index (χ3n) is 1.41. The van der Waals surface area contributed by atoms with Gasteiger partial charge in [-0.25, -0.2) is 0 Å². The Labute approximate surface area is 76.2 Å². The van der Waals surface area contributed by atoms with Crippen molar-refractivity contribution in [2.24, 2.45) is 5.73 Å². The molecule has 1 rings (SSSR count). The first-order valence-corrected chi connectivity index (χ1v) is 3.92. The van der Waals surface area contributed by atoms with E-state index < -0.39 is 0 Å². The second kappa shape index (κ2) is 4.04. The monoisotopic (exact) mass is 182 g/mol. The highest BCUT2D eigenvalue weighted by Crippen LogP contribution is 2.09. The summed E-state index contributed by atoms with van der Waals surface area (Å²) in [4.78, 5) is 0. The molecule has 0 fully saturated rings. The third-order valence-corrected chi connectivity index (χ3v) is 1.52. The van der Waals surface area contributed by atoms with Gasteiger partial charge in [-0.2, -0.15) is 0 Å². The lowest BCUT2D eigenvalue weighted by atomic mass is 10.2. The predicted molar refractivity (Wildman–Crippen MR) is 53.2 cm³/mol. The highest BCUT2D eigenvalue weighted by Gasteiger charge is 1.94. The first kappa shape index (κ1) is 8.96. The number of nitrogens with two attached hydrogens (primary N) is 1. The fourth-order valence-corrected chi connectivity index (χ4v) is 1.02. The van der Waals surface area contributed by atoms with Crippen LogP contribution in [0.15, 0.2) is 24.3 Å². The lowest BCUT2D eigenvalue weighted by Gasteiger charge is -2.03. The molecule has 0 aromatic heterocycles. The maximum absolute atomic E-state index is 8.76. The predicted octanol–water partition coefficient (Wildman–Crippen LogP) is 1.40. The van der Waals surface area contributed by atoms with Crippen LogP contribution in [0.3, 0.4) is 0 Å². The van der Waals surface area contributed by atoms with Crippen molar-refractivity contribution in [1.29, 1.82) is 0 Å². The van der Waals surface area contributed by atoms with E-state index in [0.717, 1.165) is 11.3 Å². The van der Waals surface area contributed by atoms with Crippen LogP contribution >= 0.6 is 12.2 Å². The van der Waals surface area contributed by atoms with Gasteiger partial charge < -0.3 is 16.2 Å². The van der Waals surface area contributed by atoms with Gasteiger partial charge in [-0.15, -0.1) is 0 Å². The minimum absolute atomic E-state index is 0.232. The Kier molecular flexibility index (Phi) is 3.01. The Morgan fingerprint density at radius 1 is 1.58 bits per heavy atom. The van der Waals surface area contributed by atoms with Gasteiger partial charge in [-0.3, -0.25) is 0 Å². The summed E-state index contributed by atoms with van der Waals surface area (Å²) in [5, 5.41) is 11.1. The first-order valence-electron chi connectivity index (χ1n) is 3.51. The fourth-order valence-electron chi connectivity index (χ4n) is 0.900. The lowest BCUT2D eigenvalue weighted by molar-refractivity contribution is 0.567. The lowest BCUT2D eigenvalue weighted by Crippen LogP contribution is -2.07. The minimum Gasteiger partial charge on any atom is -0.486 e. The van der Waals surface area contributed by atoms with Crippen molar-refractivity contribution in [2.75, 3.05) is 5.32 Å². The van der Waals surface area contributed by atoms with E-state index in [0.29, 0.717) is 6.54 Å². The summed E-state index contributed by atoms with van der Waals surface area (Å²) in [6.45, 7) is 0.480. The second-order valence-electron chi connectivity index (χ2n) is 2.33.